The minimum Gasteiger partial charge on any atom is -0.351 e. The Labute approximate surface area is 145 Å². The first kappa shape index (κ1) is 17.0. The Morgan fingerprint density at radius 2 is 2.21 bits per heavy atom. The molecule has 0 atom stereocenters. The molecule has 1 aromatic heterocycles. The molecule has 3 rings (SSSR count). The van der Waals surface area contributed by atoms with E-state index in [-0.39, 0.29) is 11.7 Å². The Bertz CT molecular complexity index is 742. The van der Waals surface area contributed by atoms with Gasteiger partial charge in [-0.05, 0) is 43.9 Å². The van der Waals surface area contributed by atoms with E-state index in [4.69, 9.17) is 0 Å². The monoisotopic (exact) mass is 348 g/mol. The molecule has 0 spiro atoms. The molecule has 7 heteroatoms. The van der Waals surface area contributed by atoms with Gasteiger partial charge in [0.05, 0.1) is 5.75 Å². The van der Waals surface area contributed by atoms with Crippen LogP contribution in [0.1, 0.15) is 42.6 Å². The maximum absolute atomic E-state index is 13.2. The molecule has 0 unspecified atom stereocenters. The maximum atomic E-state index is 13.2. The van der Waals surface area contributed by atoms with Gasteiger partial charge in [-0.3, -0.25) is 4.79 Å². The second kappa shape index (κ2) is 7.34. The van der Waals surface area contributed by atoms with Gasteiger partial charge < -0.3 is 9.88 Å². The van der Waals surface area contributed by atoms with Crippen molar-refractivity contribution in [1.82, 2.24) is 20.1 Å². The summed E-state index contributed by atoms with van der Waals surface area (Å²) in [7, 11) is 0. The number of aryl methyl sites for hydroxylation is 1. The van der Waals surface area contributed by atoms with Crippen LogP contribution in [0.15, 0.2) is 23.4 Å². The highest BCUT2D eigenvalue weighted by Crippen LogP contribution is 2.39. The van der Waals surface area contributed by atoms with Crippen molar-refractivity contribution in [2.45, 2.75) is 50.9 Å². The maximum Gasteiger partial charge on any atom is 0.230 e. The molecule has 0 radical (unpaired) electrons. The molecule has 24 heavy (non-hydrogen) atoms. The Balaban J connectivity index is 1.51. The number of carbonyl (C=O) groups is 1. The van der Waals surface area contributed by atoms with Crippen LogP contribution in [-0.4, -0.2) is 26.4 Å². The van der Waals surface area contributed by atoms with Crippen LogP contribution in [0.3, 0.4) is 0 Å². The number of amides is 1. The Morgan fingerprint density at radius 1 is 1.42 bits per heavy atom. The lowest BCUT2D eigenvalue weighted by molar-refractivity contribution is -0.118. The predicted octanol–water partition coefficient (Wildman–Crippen LogP) is 3.03. The van der Waals surface area contributed by atoms with Gasteiger partial charge in [-0.15, -0.1) is 10.2 Å². The third-order valence-electron chi connectivity index (χ3n) is 4.05. The number of aromatic nitrogens is 3. The van der Waals surface area contributed by atoms with E-state index < -0.39 is 0 Å². The predicted molar refractivity (Wildman–Crippen MR) is 91.4 cm³/mol. The summed E-state index contributed by atoms with van der Waals surface area (Å²) >= 11 is 1.40. The van der Waals surface area contributed by atoms with Crippen LogP contribution >= 0.6 is 11.8 Å². The van der Waals surface area contributed by atoms with Gasteiger partial charge in [0.15, 0.2) is 5.16 Å². The zero-order chi connectivity index (χ0) is 17.1. The quantitative estimate of drug-likeness (QED) is 0.782. The second-order valence-corrected chi connectivity index (χ2v) is 6.95. The molecule has 1 heterocycles. The summed E-state index contributed by atoms with van der Waals surface area (Å²) in [6.45, 7) is 4.99. The summed E-state index contributed by atoms with van der Waals surface area (Å²) in [5, 5.41) is 12.1. The molecular weight excluding hydrogens is 327 g/mol. The van der Waals surface area contributed by atoms with Crippen molar-refractivity contribution in [1.29, 1.82) is 0 Å². The van der Waals surface area contributed by atoms with Crippen molar-refractivity contribution in [2.75, 3.05) is 5.75 Å². The average Bonchev–Trinajstić information content (AvgIpc) is 3.34. The molecular formula is C17H21FN4OS. The molecule has 0 saturated heterocycles. The normalized spacial score (nSPS) is 14.0. The SMILES string of the molecule is CCn1c(SCC(=O)NCc2ccc(F)c(C)c2)nnc1C1CC1. The van der Waals surface area contributed by atoms with E-state index in [9.17, 15) is 9.18 Å². The van der Waals surface area contributed by atoms with E-state index in [1.807, 2.05) is 0 Å². The molecule has 0 aliphatic heterocycles. The number of nitrogens with zero attached hydrogens (tertiary/aromatic N) is 3. The number of hydrogen-bond acceptors (Lipinski definition) is 4. The molecule has 5 nitrogen and oxygen atoms in total. The first-order valence-electron chi connectivity index (χ1n) is 8.16. The fraction of sp³-hybridized carbons (Fsp3) is 0.471. The molecule has 1 aromatic carbocycles. The summed E-state index contributed by atoms with van der Waals surface area (Å²) in [6, 6.07) is 4.86. The number of carbonyl (C=O) groups excluding carboxylic acids is 1. The smallest absolute Gasteiger partial charge is 0.230 e. The first-order chi connectivity index (χ1) is 11.6. The van der Waals surface area contributed by atoms with Crippen LogP contribution in [0.2, 0.25) is 0 Å². The van der Waals surface area contributed by atoms with Gasteiger partial charge in [0.1, 0.15) is 11.6 Å². The summed E-state index contributed by atoms with van der Waals surface area (Å²) in [6.07, 6.45) is 2.36. The third kappa shape index (κ3) is 3.95. The summed E-state index contributed by atoms with van der Waals surface area (Å²) < 4.78 is 15.3. The van der Waals surface area contributed by atoms with Crippen molar-refractivity contribution in [2.24, 2.45) is 0 Å². The van der Waals surface area contributed by atoms with E-state index in [1.54, 1.807) is 19.1 Å². The number of rotatable bonds is 7. The highest BCUT2D eigenvalue weighted by Gasteiger charge is 2.30. The van der Waals surface area contributed by atoms with Crippen LogP contribution < -0.4 is 5.32 Å². The van der Waals surface area contributed by atoms with Gasteiger partial charge in [-0.25, -0.2) is 4.39 Å². The van der Waals surface area contributed by atoms with Crippen molar-refractivity contribution in [3.63, 3.8) is 0 Å². The largest absolute Gasteiger partial charge is 0.351 e. The van der Waals surface area contributed by atoms with Crippen molar-refractivity contribution >= 4 is 17.7 Å². The molecule has 128 valence electrons. The molecule has 1 fully saturated rings. The molecule has 1 N–H and O–H groups in total. The van der Waals surface area contributed by atoms with E-state index in [0.717, 1.165) is 23.1 Å². The molecule has 0 bridgehead atoms. The van der Waals surface area contributed by atoms with E-state index in [2.05, 4.69) is 27.0 Å². The average molecular weight is 348 g/mol. The van der Waals surface area contributed by atoms with Crippen LogP contribution in [0.5, 0.6) is 0 Å². The number of benzene rings is 1. The zero-order valence-electron chi connectivity index (χ0n) is 13.9. The number of nitrogens with one attached hydrogen (secondary N) is 1. The van der Waals surface area contributed by atoms with Gasteiger partial charge in [-0.2, -0.15) is 0 Å². The molecule has 2 aromatic rings. The number of halogens is 1. The standard InChI is InChI=1S/C17H21FN4OS/c1-3-22-16(13-5-6-13)20-21-17(22)24-10-15(23)19-9-12-4-7-14(18)11(2)8-12/h4,7-8,13H,3,5-6,9-10H2,1-2H3,(H,19,23). The van der Waals surface area contributed by atoms with Gasteiger partial charge >= 0.3 is 0 Å². The van der Waals surface area contributed by atoms with Crippen molar-refractivity contribution < 1.29 is 9.18 Å². The highest BCUT2D eigenvalue weighted by atomic mass is 32.2. The van der Waals surface area contributed by atoms with Crippen LogP contribution in [-0.2, 0) is 17.9 Å². The van der Waals surface area contributed by atoms with Crippen LogP contribution in [0.25, 0.3) is 0 Å². The molecule has 1 aliphatic carbocycles. The van der Waals surface area contributed by atoms with Gasteiger partial charge in [0.25, 0.3) is 0 Å². The van der Waals surface area contributed by atoms with Gasteiger partial charge in [-0.1, -0.05) is 23.9 Å². The Kier molecular flexibility index (Phi) is 5.18. The van der Waals surface area contributed by atoms with Crippen molar-refractivity contribution in [3.05, 3.63) is 41.0 Å². The third-order valence-corrected chi connectivity index (χ3v) is 5.02. The second-order valence-electron chi connectivity index (χ2n) is 6.01. The minimum absolute atomic E-state index is 0.0689. The highest BCUT2D eigenvalue weighted by molar-refractivity contribution is 7.99. The Morgan fingerprint density at radius 3 is 2.88 bits per heavy atom. The summed E-state index contributed by atoms with van der Waals surface area (Å²) in [5.74, 6) is 1.58. The lowest BCUT2D eigenvalue weighted by Crippen LogP contribution is -2.24. The molecule has 1 amide bonds. The van der Waals surface area contributed by atoms with E-state index in [0.29, 0.717) is 23.8 Å². The van der Waals surface area contributed by atoms with E-state index >= 15 is 0 Å². The number of hydrogen-bond donors (Lipinski definition) is 1. The summed E-state index contributed by atoms with van der Waals surface area (Å²) in [5.41, 5.74) is 1.47. The first-order valence-corrected chi connectivity index (χ1v) is 9.14. The van der Waals surface area contributed by atoms with Crippen molar-refractivity contribution in [3.8, 4) is 0 Å². The topological polar surface area (TPSA) is 59.8 Å². The van der Waals surface area contributed by atoms with Crippen LogP contribution in [0.4, 0.5) is 4.39 Å². The Hall–Kier alpha value is -1.89. The van der Waals surface area contributed by atoms with Crippen LogP contribution in [0, 0.1) is 12.7 Å². The fourth-order valence-corrected chi connectivity index (χ4v) is 3.39. The minimum atomic E-state index is -0.231. The van der Waals surface area contributed by atoms with Gasteiger partial charge in [0, 0.05) is 19.0 Å². The zero-order valence-corrected chi connectivity index (χ0v) is 14.7. The van der Waals surface area contributed by atoms with Gasteiger partial charge in [0.2, 0.25) is 5.91 Å². The fourth-order valence-electron chi connectivity index (χ4n) is 2.55. The molecule has 1 aliphatic rings. The molecule has 1 saturated carbocycles. The lowest BCUT2D eigenvalue weighted by atomic mass is 10.1. The van der Waals surface area contributed by atoms with E-state index in [1.165, 1.54) is 30.7 Å². The number of thioether (sulfide) groups is 1. The summed E-state index contributed by atoms with van der Waals surface area (Å²) in [4.78, 5) is 12.0. The lowest BCUT2D eigenvalue weighted by Gasteiger charge is -2.08.